The summed E-state index contributed by atoms with van der Waals surface area (Å²) >= 11 is 0.576. The number of alkyl halides is 3. The number of benzene rings is 1. The fraction of sp³-hybridized carbons (Fsp3) is 0.0769. The van der Waals surface area contributed by atoms with Crippen molar-refractivity contribution in [1.82, 2.24) is 9.97 Å². The first-order valence-corrected chi connectivity index (χ1v) is 6.48. The number of halogens is 3. The minimum Gasteiger partial charge on any atom is -0.306 e. The van der Waals surface area contributed by atoms with E-state index in [1.165, 1.54) is 5.38 Å². The molecule has 0 amide bonds. The van der Waals surface area contributed by atoms with Crippen LogP contribution in [0, 0.1) is 0 Å². The molecule has 1 N–H and O–H groups in total. The molecule has 0 radical (unpaired) electrons. The van der Waals surface area contributed by atoms with E-state index in [0.717, 1.165) is 6.07 Å². The predicted octanol–water partition coefficient (Wildman–Crippen LogP) is 3.67. The Balaban J connectivity index is 2.15. The summed E-state index contributed by atoms with van der Waals surface area (Å²) in [5.41, 5.74) is 0.335. The molecular weight excluding hydrogens is 289 g/mol. The Morgan fingerprint density at radius 3 is 2.65 bits per heavy atom. The lowest BCUT2D eigenvalue weighted by Gasteiger charge is -2.02. The molecule has 0 saturated carbocycles. The normalized spacial score (nSPS) is 11.9. The summed E-state index contributed by atoms with van der Waals surface area (Å²) in [6.45, 7) is 0. The number of fused-ring (bicyclic) bond motifs is 1. The largest absolute Gasteiger partial charge is 0.425 e. The van der Waals surface area contributed by atoms with E-state index < -0.39 is 11.1 Å². The molecule has 0 aliphatic carbocycles. The summed E-state index contributed by atoms with van der Waals surface area (Å²) in [6, 6.07) is 7.65. The third-order valence-corrected chi connectivity index (χ3v) is 3.74. The van der Waals surface area contributed by atoms with Crippen LogP contribution in [0.4, 0.5) is 13.2 Å². The third kappa shape index (κ3) is 2.20. The van der Waals surface area contributed by atoms with Gasteiger partial charge in [-0.05, 0) is 18.2 Å². The third-order valence-electron chi connectivity index (χ3n) is 2.77. The number of hydrogen-bond donors (Lipinski definition) is 1. The summed E-state index contributed by atoms with van der Waals surface area (Å²) in [7, 11) is 0. The molecule has 2 heterocycles. The monoisotopic (exact) mass is 296 g/mol. The molecule has 0 fully saturated rings. The molecular formula is C13H7F3N2OS. The van der Waals surface area contributed by atoms with Crippen LogP contribution in [0.2, 0.25) is 0 Å². The molecule has 102 valence electrons. The van der Waals surface area contributed by atoms with E-state index in [4.69, 9.17) is 0 Å². The van der Waals surface area contributed by atoms with Gasteiger partial charge in [0.15, 0.2) is 0 Å². The van der Waals surface area contributed by atoms with Gasteiger partial charge in [-0.2, -0.15) is 13.2 Å². The van der Waals surface area contributed by atoms with Crippen LogP contribution in [0.3, 0.4) is 0 Å². The number of H-pyrrole nitrogens is 1. The van der Waals surface area contributed by atoms with Crippen LogP contribution in [-0.2, 0) is 6.18 Å². The standard InChI is InChI=1S/C13H7F3N2OS/c14-13(15,16)10-5-7(6-20-10)11-17-9-4-2-1-3-8(9)12(19)18-11/h1-6H,(H,17,18,19). The smallest absolute Gasteiger partial charge is 0.306 e. The Labute approximate surface area is 114 Å². The van der Waals surface area contributed by atoms with E-state index in [2.05, 4.69) is 9.97 Å². The van der Waals surface area contributed by atoms with Crippen LogP contribution in [0.15, 0.2) is 40.5 Å². The van der Waals surface area contributed by atoms with Crippen LogP contribution in [0.1, 0.15) is 4.88 Å². The molecule has 0 saturated heterocycles. The van der Waals surface area contributed by atoms with Crippen molar-refractivity contribution in [3.05, 3.63) is 50.9 Å². The van der Waals surface area contributed by atoms with Crippen molar-refractivity contribution in [3.63, 3.8) is 0 Å². The molecule has 3 rings (SSSR count). The van der Waals surface area contributed by atoms with Crippen LogP contribution in [-0.4, -0.2) is 9.97 Å². The molecule has 3 aromatic rings. The van der Waals surface area contributed by atoms with Crippen molar-refractivity contribution < 1.29 is 13.2 Å². The van der Waals surface area contributed by atoms with E-state index in [9.17, 15) is 18.0 Å². The molecule has 0 spiro atoms. The molecule has 3 nitrogen and oxygen atoms in total. The van der Waals surface area contributed by atoms with Crippen LogP contribution < -0.4 is 5.56 Å². The second kappa shape index (κ2) is 4.45. The Kier molecular flexibility index (Phi) is 2.86. The quantitative estimate of drug-likeness (QED) is 0.744. The molecule has 0 aliphatic rings. The first-order chi connectivity index (χ1) is 9.45. The van der Waals surface area contributed by atoms with E-state index >= 15 is 0 Å². The Hall–Kier alpha value is -2.15. The lowest BCUT2D eigenvalue weighted by Crippen LogP contribution is -2.09. The van der Waals surface area contributed by atoms with Crippen molar-refractivity contribution in [1.29, 1.82) is 0 Å². The minimum atomic E-state index is -4.39. The van der Waals surface area contributed by atoms with Gasteiger partial charge in [0.2, 0.25) is 0 Å². The van der Waals surface area contributed by atoms with E-state index in [-0.39, 0.29) is 16.9 Å². The van der Waals surface area contributed by atoms with Gasteiger partial charge >= 0.3 is 6.18 Å². The number of nitrogens with one attached hydrogen (secondary N) is 1. The van der Waals surface area contributed by atoms with Crippen LogP contribution in [0.25, 0.3) is 22.3 Å². The van der Waals surface area contributed by atoms with Crippen molar-refractivity contribution in [2.24, 2.45) is 0 Å². The van der Waals surface area contributed by atoms with Gasteiger partial charge in [0, 0.05) is 10.9 Å². The number of nitrogens with zero attached hydrogens (tertiary/aromatic N) is 1. The Morgan fingerprint density at radius 1 is 1.20 bits per heavy atom. The van der Waals surface area contributed by atoms with Gasteiger partial charge in [-0.1, -0.05) is 12.1 Å². The molecule has 2 aromatic heterocycles. The van der Waals surface area contributed by atoms with E-state index in [1.807, 2.05) is 0 Å². The summed E-state index contributed by atoms with van der Waals surface area (Å²) in [5.74, 6) is 0.139. The maximum absolute atomic E-state index is 12.6. The average Bonchev–Trinajstić information content (AvgIpc) is 2.88. The zero-order chi connectivity index (χ0) is 14.3. The number of rotatable bonds is 1. The molecule has 20 heavy (non-hydrogen) atoms. The fourth-order valence-electron chi connectivity index (χ4n) is 1.83. The molecule has 0 aliphatic heterocycles. The Morgan fingerprint density at radius 2 is 1.95 bits per heavy atom. The van der Waals surface area contributed by atoms with Gasteiger partial charge < -0.3 is 4.98 Å². The molecule has 0 unspecified atom stereocenters. The maximum atomic E-state index is 12.6. The van der Waals surface area contributed by atoms with Gasteiger partial charge in [0.1, 0.15) is 10.7 Å². The van der Waals surface area contributed by atoms with Gasteiger partial charge in [0.05, 0.1) is 10.9 Å². The number of aromatic amines is 1. The highest BCUT2D eigenvalue weighted by Crippen LogP contribution is 2.36. The SMILES string of the molecule is O=c1[nH]c(-c2csc(C(F)(F)F)c2)nc2ccccc12. The fourth-order valence-corrected chi connectivity index (χ4v) is 2.59. The number of aromatic nitrogens is 2. The molecule has 7 heteroatoms. The summed E-state index contributed by atoms with van der Waals surface area (Å²) in [5, 5.41) is 1.73. The first kappa shape index (κ1) is 12.9. The van der Waals surface area contributed by atoms with Gasteiger partial charge in [-0.3, -0.25) is 4.79 Å². The second-order valence-corrected chi connectivity index (χ2v) is 5.04. The average molecular weight is 296 g/mol. The van der Waals surface area contributed by atoms with Gasteiger partial charge in [0.25, 0.3) is 5.56 Å². The van der Waals surface area contributed by atoms with Crippen molar-refractivity contribution in [2.45, 2.75) is 6.18 Å². The van der Waals surface area contributed by atoms with Crippen molar-refractivity contribution in [3.8, 4) is 11.4 Å². The number of hydrogen-bond acceptors (Lipinski definition) is 3. The van der Waals surface area contributed by atoms with E-state index in [1.54, 1.807) is 24.3 Å². The summed E-state index contributed by atoms with van der Waals surface area (Å²) in [6.07, 6.45) is -4.39. The highest BCUT2D eigenvalue weighted by Gasteiger charge is 2.32. The predicted molar refractivity (Wildman–Crippen MR) is 70.7 cm³/mol. The van der Waals surface area contributed by atoms with Crippen molar-refractivity contribution >= 4 is 22.2 Å². The molecule has 1 aromatic carbocycles. The lowest BCUT2D eigenvalue weighted by molar-refractivity contribution is -0.134. The Bertz CT molecular complexity index is 835. The molecule has 0 atom stereocenters. The highest BCUT2D eigenvalue weighted by molar-refractivity contribution is 7.10. The minimum absolute atomic E-state index is 0.139. The maximum Gasteiger partial charge on any atom is 0.425 e. The number of thiophene rings is 1. The van der Waals surface area contributed by atoms with Crippen molar-refractivity contribution in [2.75, 3.05) is 0 Å². The van der Waals surface area contributed by atoms with Gasteiger partial charge in [-0.15, -0.1) is 11.3 Å². The first-order valence-electron chi connectivity index (χ1n) is 5.60. The van der Waals surface area contributed by atoms with Crippen LogP contribution in [0.5, 0.6) is 0 Å². The zero-order valence-corrected chi connectivity index (χ0v) is 10.7. The molecule has 0 bridgehead atoms. The van der Waals surface area contributed by atoms with E-state index in [0.29, 0.717) is 22.2 Å². The van der Waals surface area contributed by atoms with Gasteiger partial charge in [-0.25, -0.2) is 4.98 Å². The summed E-state index contributed by atoms with van der Waals surface area (Å²) < 4.78 is 37.7. The lowest BCUT2D eigenvalue weighted by atomic mass is 10.2. The summed E-state index contributed by atoms with van der Waals surface area (Å²) in [4.78, 5) is 17.8. The topological polar surface area (TPSA) is 45.8 Å². The number of para-hydroxylation sites is 1. The highest BCUT2D eigenvalue weighted by atomic mass is 32.1. The second-order valence-electron chi connectivity index (χ2n) is 4.13. The zero-order valence-electron chi connectivity index (χ0n) is 9.86. The van der Waals surface area contributed by atoms with Crippen LogP contribution >= 0.6 is 11.3 Å².